The summed E-state index contributed by atoms with van der Waals surface area (Å²) in [6.45, 7) is 0. The maximum Gasteiger partial charge on any atom is 0.115 e. The van der Waals surface area contributed by atoms with Gasteiger partial charge in [0.05, 0.1) is 0 Å². The number of benzene rings is 1. The molecule has 0 aliphatic rings. The lowest BCUT2D eigenvalue weighted by Crippen LogP contribution is -2.01. The SMILES string of the molecule is OC(c1cncnc1)c1cccc2cnccc12. The van der Waals surface area contributed by atoms with E-state index in [-0.39, 0.29) is 0 Å². The number of aromatic nitrogens is 3. The first-order chi connectivity index (χ1) is 8.86. The zero-order chi connectivity index (χ0) is 12.4. The van der Waals surface area contributed by atoms with Gasteiger partial charge in [-0.2, -0.15) is 0 Å². The Morgan fingerprint density at radius 1 is 0.944 bits per heavy atom. The molecule has 18 heavy (non-hydrogen) atoms. The summed E-state index contributed by atoms with van der Waals surface area (Å²) in [5.41, 5.74) is 1.52. The smallest absolute Gasteiger partial charge is 0.115 e. The largest absolute Gasteiger partial charge is 0.384 e. The third kappa shape index (κ3) is 1.83. The Morgan fingerprint density at radius 2 is 1.78 bits per heavy atom. The fraction of sp³-hybridized carbons (Fsp3) is 0.0714. The summed E-state index contributed by atoms with van der Waals surface area (Å²) in [5, 5.41) is 12.4. The average molecular weight is 237 g/mol. The lowest BCUT2D eigenvalue weighted by atomic mass is 9.98. The van der Waals surface area contributed by atoms with Crippen LogP contribution in [-0.4, -0.2) is 20.1 Å². The molecule has 0 aliphatic carbocycles. The number of hydrogen-bond donors (Lipinski definition) is 1. The van der Waals surface area contributed by atoms with E-state index in [9.17, 15) is 5.11 Å². The van der Waals surface area contributed by atoms with Crippen LogP contribution in [0.2, 0.25) is 0 Å². The van der Waals surface area contributed by atoms with Gasteiger partial charge in [-0.15, -0.1) is 0 Å². The van der Waals surface area contributed by atoms with Crippen molar-refractivity contribution >= 4 is 10.8 Å². The summed E-state index contributed by atoms with van der Waals surface area (Å²) in [7, 11) is 0. The number of rotatable bonds is 2. The van der Waals surface area contributed by atoms with Crippen molar-refractivity contribution in [3.8, 4) is 0 Å². The van der Waals surface area contributed by atoms with E-state index in [4.69, 9.17) is 0 Å². The lowest BCUT2D eigenvalue weighted by molar-refractivity contribution is 0.221. The monoisotopic (exact) mass is 237 g/mol. The Hall–Kier alpha value is -2.33. The second kappa shape index (κ2) is 4.50. The zero-order valence-corrected chi connectivity index (χ0v) is 9.56. The van der Waals surface area contributed by atoms with Gasteiger partial charge in [-0.25, -0.2) is 9.97 Å². The average Bonchev–Trinajstić information content (AvgIpc) is 2.47. The van der Waals surface area contributed by atoms with E-state index < -0.39 is 6.10 Å². The molecule has 3 aromatic rings. The maximum absolute atomic E-state index is 10.4. The third-order valence-electron chi connectivity index (χ3n) is 2.91. The van der Waals surface area contributed by atoms with Crippen LogP contribution in [0.3, 0.4) is 0 Å². The van der Waals surface area contributed by atoms with Crippen molar-refractivity contribution in [1.29, 1.82) is 0 Å². The standard InChI is InChI=1S/C14H11N3O/c18-14(11-7-16-9-17-8-11)13-3-1-2-10-6-15-5-4-12(10)13/h1-9,14,18H. The predicted molar refractivity (Wildman–Crippen MR) is 67.8 cm³/mol. The molecule has 4 nitrogen and oxygen atoms in total. The fourth-order valence-corrected chi connectivity index (χ4v) is 2.02. The molecule has 1 unspecified atom stereocenters. The summed E-state index contributed by atoms with van der Waals surface area (Å²) < 4.78 is 0. The lowest BCUT2D eigenvalue weighted by Gasteiger charge is -2.13. The summed E-state index contributed by atoms with van der Waals surface area (Å²) in [5.74, 6) is 0. The first-order valence-corrected chi connectivity index (χ1v) is 5.62. The van der Waals surface area contributed by atoms with E-state index in [1.54, 1.807) is 24.8 Å². The van der Waals surface area contributed by atoms with Crippen molar-refractivity contribution < 1.29 is 5.11 Å². The van der Waals surface area contributed by atoms with E-state index in [0.29, 0.717) is 5.56 Å². The van der Waals surface area contributed by atoms with Crippen LogP contribution in [0, 0.1) is 0 Å². The molecule has 0 fully saturated rings. The van der Waals surface area contributed by atoms with Gasteiger partial charge in [0.15, 0.2) is 0 Å². The van der Waals surface area contributed by atoms with Crippen LogP contribution in [0.1, 0.15) is 17.2 Å². The third-order valence-corrected chi connectivity index (χ3v) is 2.91. The van der Waals surface area contributed by atoms with Gasteiger partial charge >= 0.3 is 0 Å². The second-order valence-corrected chi connectivity index (χ2v) is 4.02. The van der Waals surface area contributed by atoms with Crippen LogP contribution < -0.4 is 0 Å². The number of pyridine rings is 1. The van der Waals surface area contributed by atoms with Crippen LogP contribution in [0.25, 0.3) is 10.8 Å². The van der Waals surface area contributed by atoms with Crippen molar-refractivity contribution in [2.75, 3.05) is 0 Å². The highest BCUT2D eigenvalue weighted by Gasteiger charge is 2.13. The molecule has 0 bridgehead atoms. The van der Waals surface area contributed by atoms with Gasteiger partial charge in [-0.1, -0.05) is 18.2 Å². The number of aliphatic hydroxyl groups excluding tert-OH is 1. The Morgan fingerprint density at radius 3 is 2.61 bits per heavy atom. The highest BCUT2D eigenvalue weighted by Crippen LogP contribution is 2.27. The minimum absolute atomic E-state index is 0.682. The number of hydrogen-bond acceptors (Lipinski definition) is 4. The molecule has 0 saturated heterocycles. The van der Waals surface area contributed by atoms with Crippen LogP contribution in [0.5, 0.6) is 0 Å². The van der Waals surface area contributed by atoms with Crippen molar-refractivity contribution in [3.63, 3.8) is 0 Å². The molecule has 2 aromatic heterocycles. The highest BCUT2D eigenvalue weighted by atomic mass is 16.3. The van der Waals surface area contributed by atoms with E-state index in [0.717, 1.165) is 16.3 Å². The number of aliphatic hydroxyl groups is 1. The minimum atomic E-state index is -0.725. The van der Waals surface area contributed by atoms with Gasteiger partial charge in [0.25, 0.3) is 0 Å². The summed E-state index contributed by atoms with van der Waals surface area (Å²) in [6.07, 6.45) is 7.48. The highest BCUT2D eigenvalue weighted by molar-refractivity contribution is 5.85. The molecule has 0 saturated carbocycles. The molecule has 0 aliphatic heterocycles. The van der Waals surface area contributed by atoms with Crippen LogP contribution in [0.4, 0.5) is 0 Å². The molecule has 1 atom stereocenters. The van der Waals surface area contributed by atoms with Gasteiger partial charge in [0, 0.05) is 35.7 Å². The zero-order valence-electron chi connectivity index (χ0n) is 9.56. The van der Waals surface area contributed by atoms with Gasteiger partial charge < -0.3 is 5.11 Å². The van der Waals surface area contributed by atoms with E-state index >= 15 is 0 Å². The molecule has 1 N–H and O–H groups in total. The number of nitrogens with zero attached hydrogens (tertiary/aromatic N) is 3. The molecule has 0 spiro atoms. The van der Waals surface area contributed by atoms with Crippen molar-refractivity contribution in [2.45, 2.75) is 6.10 Å². The Bertz CT molecular complexity index is 665. The molecule has 3 rings (SSSR count). The van der Waals surface area contributed by atoms with Gasteiger partial charge in [0.2, 0.25) is 0 Å². The molecule has 88 valence electrons. The Balaban J connectivity index is 2.15. The van der Waals surface area contributed by atoms with Crippen molar-refractivity contribution in [3.05, 3.63) is 66.5 Å². The quantitative estimate of drug-likeness (QED) is 0.741. The van der Waals surface area contributed by atoms with Crippen molar-refractivity contribution in [2.24, 2.45) is 0 Å². The van der Waals surface area contributed by atoms with Crippen LogP contribution in [-0.2, 0) is 0 Å². The molecule has 2 heterocycles. The van der Waals surface area contributed by atoms with E-state index in [1.165, 1.54) is 6.33 Å². The molecule has 0 radical (unpaired) electrons. The van der Waals surface area contributed by atoms with Gasteiger partial charge in [-0.3, -0.25) is 4.98 Å². The minimum Gasteiger partial charge on any atom is -0.384 e. The number of fused-ring (bicyclic) bond motifs is 1. The first-order valence-electron chi connectivity index (χ1n) is 5.62. The normalized spacial score (nSPS) is 12.5. The topological polar surface area (TPSA) is 58.9 Å². The molecule has 1 aromatic carbocycles. The molecular formula is C14H11N3O. The summed E-state index contributed by atoms with van der Waals surface area (Å²) >= 11 is 0. The summed E-state index contributed by atoms with van der Waals surface area (Å²) in [6, 6.07) is 7.68. The van der Waals surface area contributed by atoms with E-state index in [1.807, 2.05) is 24.3 Å². The summed E-state index contributed by atoms with van der Waals surface area (Å²) in [4.78, 5) is 11.9. The Labute approximate surface area is 104 Å². The maximum atomic E-state index is 10.4. The predicted octanol–water partition coefficient (Wildman–Crippen LogP) is 2.11. The molecular weight excluding hydrogens is 226 g/mol. The molecule has 4 heteroatoms. The van der Waals surface area contributed by atoms with Gasteiger partial charge in [0.1, 0.15) is 12.4 Å². The fourth-order valence-electron chi connectivity index (χ4n) is 2.02. The van der Waals surface area contributed by atoms with Crippen LogP contribution >= 0.6 is 0 Å². The van der Waals surface area contributed by atoms with E-state index in [2.05, 4.69) is 15.0 Å². The Kier molecular flexibility index (Phi) is 2.70. The molecule has 0 amide bonds. The first kappa shape index (κ1) is 10.8. The van der Waals surface area contributed by atoms with Gasteiger partial charge in [-0.05, 0) is 17.0 Å². The van der Waals surface area contributed by atoms with Crippen LogP contribution in [0.15, 0.2) is 55.4 Å². The second-order valence-electron chi connectivity index (χ2n) is 4.02. The van der Waals surface area contributed by atoms with Crippen molar-refractivity contribution in [1.82, 2.24) is 15.0 Å².